The molecular weight excluding hydrogens is 173 g/mol. The summed E-state index contributed by atoms with van der Waals surface area (Å²) in [5.41, 5.74) is 0.343. The molecule has 0 radical (unpaired) electrons. The van der Waals surface area contributed by atoms with Crippen LogP contribution < -0.4 is 4.74 Å². The summed E-state index contributed by atoms with van der Waals surface area (Å²) in [6, 6.07) is 5.56. The molecule has 0 saturated heterocycles. The number of benzene rings is 1. The second-order valence-corrected chi connectivity index (χ2v) is 2.36. The zero-order chi connectivity index (χ0) is 9.68. The van der Waals surface area contributed by atoms with Crippen LogP contribution in [0.4, 0.5) is 4.39 Å². The summed E-state index contributed by atoms with van der Waals surface area (Å²) in [6.07, 6.45) is 0. The molecule has 0 aliphatic rings. The molecule has 1 rings (SSSR count). The lowest BCUT2D eigenvalue weighted by atomic mass is 10.2. The molecule has 3 nitrogen and oxygen atoms in total. The van der Waals surface area contributed by atoms with Crippen LogP contribution in [-0.4, -0.2) is 11.7 Å². The molecule has 0 amide bonds. The topological polar surface area (TPSA) is 53.2 Å². The van der Waals surface area contributed by atoms with Crippen molar-refractivity contribution in [2.45, 2.75) is 6.61 Å². The summed E-state index contributed by atoms with van der Waals surface area (Å²) < 4.78 is 17.6. The molecule has 0 spiro atoms. The Bertz CT molecular complexity index is 333. The largest absolute Gasteiger partial charge is 0.478 e. The Hall–Kier alpha value is -1.60. The van der Waals surface area contributed by atoms with E-state index < -0.39 is 5.82 Å². The number of hydrogen-bond acceptors (Lipinski definition) is 3. The van der Waals surface area contributed by atoms with E-state index in [4.69, 9.17) is 15.1 Å². The van der Waals surface area contributed by atoms with Crippen molar-refractivity contribution in [3.63, 3.8) is 0 Å². The maximum Gasteiger partial charge on any atom is 0.174 e. The average molecular weight is 181 g/mol. The SMILES string of the molecule is N#CCOc1ccc(F)cc1CO. The van der Waals surface area contributed by atoms with Crippen LogP contribution in [0.5, 0.6) is 5.75 Å². The van der Waals surface area contributed by atoms with Crippen LogP contribution in [0, 0.1) is 17.1 Å². The number of hydrogen-bond donors (Lipinski definition) is 1. The number of aliphatic hydroxyl groups excluding tert-OH is 1. The minimum absolute atomic E-state index is 0.112. The molecule has 68 valence electrons. The van der Waals surface area contributed by atoms with Crippen molar-refractivity contribution in [3.05, 3.63) is 29.6 Å². The zero-order valence-corrected chi connectivity index (χ0v) is 6.83. The summed E-state index contributed by atoms with van der Waals surface area (Å²) in [4.78, 5) is 0. The fourth-order valence-corrected chi connectivity index (χ4v) is 0.922. The highest BCUT2D eigenvalue weighted by atomic mass is 19.1. The first-order valence-corrected chi connectivity index (χ1v) is 3.67. The highest BCUT2D eigenvalue weighted by Crippen LogP contribution is 2.19. The summed E-state index contributed by atoms with van der Waals surface area (Å²) >= 11 is 0. The van der Waals surface area contributed by atoms with Gasteiger partial charge in [-0.1, -0.05) is 0 Å². The van der Waals surface area contributed by atoms with E-state index in [1.54, 1.807) is 6.07 Å². The third kappa shape index (κ3) is 2.42. The molecular formula is C9H8FNO2. The van der Waals surface area contributed by atoms with Crippen LogP contribution >= 0.6 is 0 Å². The van der Waals surface area contributed by atoms with Crippen molar-refractivity contribution in [2.24, 2.45) is 0 Å². The quantitative estimate of drug-likeness (QED) is 0.762. The lowest BCUT2D eigenvalue weighted by Crippen LogP contribution is -1.98. The van der Waals surface area contributed by atoms with Crippen molar-refractivity contribution in [3.8, 4) is 11.8 Å². The minimum atomic E-state index is -0.437. The van der Waals surface area contributed by atoms with Gasteiger partial charge in [0.2, 0.25) is 0 Å². The Balaban J connectivity index is 2.87. The monoisotopic (exact) mass is 181 g/mol. The third-order valence-corrected chi connectivity index (χ3v) is 1.49. The van der Waals surface area contributed by atoms with Crippen LogP contribution in [0.3, 0.4) is 0 Å². The van der Waals surface area contributed by atoms with Crippen LogP contribution in [0.25, 0.3) is 0 Å². The van der Waals surface area contributed by atoms with Crippen molar-refractivity contribution in [1.82, 2.24) is 0 Å². The zero-order valence-electron chi connectivity index (χ0n) is 6.83. The van der Waals surface area contributed by atoms with Gasteiger partial charge in [-0.05, 0) is 18.2 Å². The molecule has 0 aliphatic carbocycles. The van der Waals surface area contributed by atoms with Crippen LogP contribution in [0.2, 0.25) is 0 Å². The molecule has 13 heavy (non-hydrogen) atoms. The number of ether oxygens (including phenoxy) is 1. The van der Waals surface area contributed by atoms with Gasteiger partial charge in [-0.15, -0.1) is 0 Å². The first-order chi connectivity index (χ1) is 6.27. The average Bonchev–Trinajstić information content (AvgIpc) is 2.16. The number of aliphatic hydroxyl groups is 1. The molecule has 0 saturated carbocycles. The predicted octanol–water partition coefficient (Wildman–Crippen LogP) is 1.22. The van der Waals surface area contributed by atoms with Gasteiger partial charge in [0.25, 0.3) is 0 Å². The first kappa shape index (κ1) is 9.49. The fourth-order valence-electron chi connectivity index (χ4n) is 0.922. The normalized spacial score (nSPS) is 9.31. The van der Waals surface area contributed by atoms with Crippen LogP contribution in [0.15, 0.2) is 18.2 Å². The van der Waals surface area contributed by atoms with Crippen LogP contribution in [-0.2, 0) is 6.61 Å². The summed E-state index contributed by atoms with van der Waals surface area (Å²) in [7, 11) is 0. The maximum absolute atomic E-state index is 12.6. The number of halogens is 1. The van der Waals surface area contributed by atoms with Gasteiger partial charge in [0.05, 0.1) is 6.61 Å². The smallest absolute Gasteiger partial charge is 0.174 e. The maximum atomic E-state index is 12.6. The van der Waals surface area contributed by atoms with Gasteiger partial charge >= 0.3 is 0 Å². The minimum Gasteiger partial charge on any atom is -0.478 e. The van der Waals surface area contributed by atoms with Crippen LogP contribution in [0.1, 0.15) is 5.56 Å². The fraction of sp³-hybridized carbons (Fsp3) is 0.222. The molecule has 1 aromatic rings. The number of rotatable bonds is 3. The van der Waals surface area contributed by atoms with E-state index in [0.717, 1.165) is 0 Å². The molecule has 0 fully saturated rings. The molecule has 1 aromatic carbocycles. The molecule has 0 aliphatic heterocycles. The highest BCUT2D eigenvalue weighted by molar-refractivity contribution is 5.33. The lowest BCUT2D eigenvalue weighted by molar-refractivity contribution is 0.269. The molecule has 0 heterocycles. The van der Waals surface area contributed by atoms with Gasteiger partial charge in [0, 0.05) is 5.56 Å². The Labute approximate surface area is 75.0 Å². The van der Waals surface area contributed by atoms with E-state index in [0.29, 0.717) is 11.3 Å². The Morgan fingerprint density at radius 3 is 2.92 bits per heavy atom. The van der Waals surface area contributed by atoms with Gasteiger partial charge in [0.1, 0.15) is 17.6 Å². The number of nitriles is 1. The molecule has 4 heteroatoms. The first-order valence-electron chi connectivity index (χ1n) is 3.67. The van der Waals surface area contributed by atoms with Crippen molar-refractivity contribution in [2.75, 3.05) is 6.61 Å². The van der Waals surface area contributed by atoms with E-state index in [2.05, 4.69) is 0 Å². The van der Waals surface area contributed by atoms with Gasteiger partial charge in [-0.2, -0.15) is 5.26 Å². The molecule has 0 unspecified atom stereocenters. The Morgan fingerprint density at radius 2 is 2.31 bits per heavy atom. The third-order valence-electron chi connectivity index (χ3n) is 1.49. The standard InChI is InChI=1S/C9H8FNO2/c10-8-1-2-9(13-4-3-11)7(5-8)6-12/h1-2,5,12H,4,6H2. The van der Waals surface area contributed by atoms with Crippen molar-refractivity contribution < 1.29 is 14.2 Å². The molecule has 0 bridgehead atoms. The Kier molecular flexibility index (Phi) is 3.23. The molecule has 0 atom stereocenters. The van der Waals surface area contributed by atoms with Gasteiger partial charge in [0.15, 0.2) is 6.61 Å². The second-order valence-electron chi connectivity index (χ2n) is 2.36. The van der Waals surface area contributed by atoms with E-state index in [1.165, 1.54) is 18.2 Å². The van der Waals surface area contributed by atoms with Gasteiger partial charge in [-0.3, -0.25) is 0 Å². The van der Waals surface area contributed by atoms with E-state index in [9.17, 15) is 4.39 Å². The van der Waals surface area contributed by atoms with Crippen molar-refractivity contribution in [1.29, 1.82) is 5.26 Å². The van der Waals surface area contributed by atoms with Gasteiger partial charge < -0.3 is 9.84 Å². The Morgan fingerprint density at radius 1 is 1.54 bits per heavy atom. The van der Waals surface area contributed by atoms with E-state index >= 15 is 0 Å². The molecule has 1 N–H and O–H groups in total. The summed E-state index contributed by atoms with van der Waals surface area (Å²) in [5, 5.41) is 17.0. The highest BCUT2D eigenvalue weighted by Gasteiger charge is 2.03. The van der Waals surface area contributed by atoms with E-state index in [1.807, 2.05) is 0 Å². The number of nitrogens with zero attached hydrogens (tertiary/aromatic N) is 1. The second kappa shape index (κ2) is 4.43. The van der Waals surface area contributed by atoms with Gasteiger partial charge in [-0.25, -0.2) is 4.39 Å². The predicted molar refractivity (Wildman–Crippen MR) is 43.4 cm³/mol. The lowest BCUT2D eigenvalue weighted by Gasteiger charge is -2.06. The molecule has 0 aromatic heterocycles. The van der Waals surface area contributed by atoms with E-state index in [-0.39, 0.29) is 13.2 Å². The van der Waals surface area contributed by atoms with Crippen molar-refractivity contribution >= 4 is 0 Å². The summed E-state index contributed by atoms with van der Waals surface area (Å²) in [6.45, 7) is -0.419. The summed E-state index contributed by atoms with van der Waals surface area (Å²) in [5.74, 6) is -0.0983.